The van der Waals surface area contributed by atoms with Crippen molar-refractivity contribution < 1.29 is 32.5 Å². The fourth-order valence-electron chi connectivity index (χ4n) is 1.62. The molecular weight excluding hydrogens is 289 g/mol. The van der Waals surface area contributed by atoms with Crippen molar-refractivity contribution in [2.75, 3.05) is 13.7 Å². The third-order valence-electron chi connectivity index (χ3n) is 2.76. The van der Waals surface area contributed by atoms with Crippen LogP contribution in [0, 0.1) is 5.92 Å². The van der Waals surface area contributed by atoms with Crippen molar-refractivity contribution in [2.24, 2.45) is 5.92 Å². The van der Waals surface area contributed by atoms with E-state index in [0.29, 0.717) is 12.5 Å². The quantitative estimate of drug-likeness (QED) is 0.844. The fraction of sp³-hybridized carbons (Fsp3) is 0.500. The number of hydrogen-bond donors (Lipinski definition) is 1. The molecule has 0 saturated carbocycles. The van der Waals surface area contributed by atoms with E-state index in [1.165, 1.54) is 0 Å². The summed E-state index contributed by atoms with van der Waals surface area (Å²) in [7, 11) is 1.16. The van der Waals surface area contributed by atoms with E-state index < -0.39 is 29.0 Å². The molecular formula is C14H17F3O4. The number of hydrogen-bond acceptors (Lipinski definition) is 4. The van der Waals surface area contributed by atoms with Crippen LogP contribution < -0.4 is 4.74 Å². The van der Waals surface area contributed by atoms with Gasteiger partial charge in [-0.1, -0.05) is 13.8 Å². The molecule has 0 bridgehead atoms. The van der Waals surface area contributed by atoms with E-state index >= 15 is 0 Å². The van der Waals surface area contributed by atoms with Crippen LogP contribution in [0.1, 0.15) is 36.2 Å². The Hall–Kier alpha value is -1.92. The number of halogens is 3. The second kappa shape index (κ2) is 6.69. The van der Waals surface area contributed by atoms with Crippen molar-refractivity contribution in [3.8, 4) is 11.5 Å². The minimum Gasteiger partial charge on any atom is -0.507 e. The van der Waals surface area contributed by atoms with Gasteiger partial charge in [0.05, 0.1) is 19.3 Å². The van der Waals surface area contributed by atoms with E-state index in [1.807, 2.05) is 13.8 Å². The van der Waals surface area contributed by atoms with E-state index in [2.05, 4.69) is 4.74 Å². The van der Waals surface area contributed by atoms with Crippen molar-refractivity contribution in [2.45, 2.75) is 26.4 Å². The Kier molecular flexibility index (Phi) is 5.46. The maximum absolute atomic E-state index is 13.0. The van der Waals surface area contributed by atoms with Crippen molar-refractivity contribution in [1.82, 2.24) is 0 Å². The Balaban J connectivity index is 3.12. The second-order valence-corrected chi connectivity index (χ2v) is 4.89. The first-order valence-electron chi connectivity index (χ1n) is 6.32. The molecule has 0 aromatic heterocycles. The van der Waals surface area contributed by atoms with Crippen LogP contribution in [0.3, 0.4) is 0 Å². The van der Waals surface area contributed by atoms with Gasteiger partial charge in [0.2, 0.25) is 0 Å². The number of carbonyl (C=O) groups excluding carboxylic acids is 1. The summed E-state index contributed by atoms with van der Waals surface area (Å²) in [5, 5.41) is 9.66. The Labute approximate surface area is 120 Å². The molecule has 0 radical (unpaired) electrons. The number of aromatic hydroxyl groups is 1. The van der Waals surface area contributed by atoms with Crippen LogP contribution in [-0.4, -0.2) is 24.8 Å². The van der Waals surface area contributed by atoms with Crippen LogP contribution >= 0.6 is 0 Å². The van der Waals surface area contributed by atoms with Gasteiger partial charge in [-0.25, -0.2) is 4.79 Å². The summed E-state index contributed by atoms with van der Waals surface area (Å²) in [5.74, 6) is -1.98. The number of phenolic OH excluding ortho intramolecular Hbond substituents is 1. The van der Waals surface area contributed by atoms with Crippen LogP contribution in [0.25, 0.3) is 0 Å². The Morgan fingerprint density at radius 1 is 1.33 bits per heavy atom. The zero-order valence-corrected chi connectivity index (χ0v) is 12.0. The molecule has 0 unspecified atom stereocenters. The van der Waals surface area contributed by atoms with E-state index in [1.54, 1.807) is 0 Å². The maximum Gasteiger partial charge on any atom is 0.417 e. The van der Waals surface area contributed by atoms with Gasteiger partial charge in [0.25, 0.3) is 0 Å². The molecule has 7 heteroatoms. The first-order valence-corrected chi connectivity index (χ1v) is 6.32. The van der Waals surface area contributed by atoms with Gasteiger partial charge in [-0.2, -0.15) is 13.2 Å². The molecule has 0 spiro atoms. The molecule has 0 saturated heterocycles. The molecule has 4 nitrogen and oxygen atoms in total. The van der Waals surface area contributed by atoms with Crippen LogP contribution in [0.15, 0.2) is 12.1 Å². The lowest BCUT2D eigenvalue weighted by molar-refractivity contribution is -0.138. The molecule has 0 aliphatic rings. The van der Waals surface area contributed by atoms with Crippen molar-refractivity contribution in [3.05, 3.63) is 23.3 Å². The number of benzene rings is 1. The number of phenols is 1. The van der Waals surface area contributed by atoms with Gasteiger partial charge in [0.15, 0.2) is 0 Å². The van der Waals surface area contributed by atoms with Crippen LogP contribution in [0.2, 0.25) is 0 Å². The van der Waals surface area contributed by atoms with Gasteiger partial charge in [-0.05, 0) is 18.4 Å². The molecule has 21 heavy (non-hydrogen) atoms. The summed E-state index contributed by atoms with van der Waals surface area (Å²) >= 11 is 0. The first-order chi connectivity index (χ1) is 9.66. The highest BCUT2D eigenvalue weighted by atomic mass is 19.4. The topological polar surface area (TPSA) is 55.8 Å². The first kappa shape index (κ1) is 17.1. The van der Waals surface area contributed by atoms with Gasteiger partial charge in [0.1, 0.15) is 17.1 Å². The molecule has 0 amide bonds. The normalized spacial score (nSPS) is 11.6. The third-order valence-corrected chi connectivity index (χ3v) is 2.76. The lowest BCUT2D eigenvalue weighted by Gasteiger charge is -2.15. The molecule has 0 fully saturated rings. The summed E-state index contributed by atoms with van der Waals surface area (Å²) in [6, 6.07) is 1.59. The smallest absolute Gasteiger partial charge is 0.417 e. The monoisotopic (exact) mass is 306 g/mol. The van der Waals surface area contributed by atoms with Crippen molar-refractivity contribution >= 4 is 5.97 Å². The third kappa shape index (κ3) is 4.54. The SMILES string of the molecule is COc1cc(O)c(C(=O)OCCC(C)C)c(C(F)(F)F)c1. The maximum atomic E-state index is 13.0. The largest absolute Gasteiger partial charge is 0.507 e. The van der Waals surface area contributed by atoms with E-state index in [-0.39, 0.29) is 18.3 Å². The Morgan fingerprint density at radius 2 is 1.95 bits per heavy atom. The second-order valence-electron chi connectivity index (χ2n) is 4.89. The van der Waals surface area contributed by atoms with E-state index in [0.717, 1.165) is 13.2 Å². The average Bonchev–Trinajstić information content (AvgIpc) is 2.35. The highest BCUT2D eigenvalue weighted by molar-refractivity contribution is 5.94. The predicted octanol–water partition coefficient (Wildman–Crippen LogP) is 3.62. The number of alkyl halides is 3. The summed E-state index contributed by atoms with van der Waals surface area (Å²) in [6.07, 6.45) is -4.29. The van der Waals surface area contributed by atoms with Crippen LogP contribution in [0.5, 0.6) is 11.5 Å². The Bertz CT molecular complexity index is 510. The highest BCUT2D eigenvalue weighted by Crippen LogP contribution is 2.39. The lowest BCUT2D eigenvalue weighted by atomic mass is 10.1. The van der Waals surface area contributed by atoms with E-state index in [4.69, 9.17) is 4.74 Å². The zero-order valence-electron chi connectivity index (χ0n) is 12.0. The van der Waals surface area contributed by atoms with Crippen molar-refractivity contribution in [3.63, 3.8) is 0 Å². The number of esters is 1. The fourth-order valence-corrected chi connectivity index (χ4v) is 1.62. The standard InChI is InChI=1S/C14H17F3O4/c1-8(2)4-5-21-13(19)12-10(14(15,16)17)6-9(20-3)7-11(12)18/h6-8,18H,4-5H2,1-3H3. The number of carbonyl (C=O) groups is 1. The zero-order chi connectivity index (χ0) is 16.2. The summed E-state index contributed by atoms with van der Waals surface area (Å²) < 4.78 is 48.4. The lowest BCUT2D eigenvalue weighted by Crippen LogP contribution is -2.16. The number of methoxy groups -OCH3 is 1. The number of rotatable bonds is 5. The minimum absolute atomic E-state index is 0.0146. The average molecular weight is 306 g/mol. The summed E-state index contributed by atoms with van der Waals surface area (Å²) in [6.45, 7) is 3.76. The highest BCUT2D eigenvalue weighted by Gasteiger charge is 2.38. The molecule has 1 rings (SSSR count). The summed E-state index contributed by atoms with van der Waals surface area (Å²) in [5.41, 5.74) is -2.18. The molecule has 1 aromatic carbocycles. The molecule has 0 heterocycles. The van der Waals surface area contributed by atoms with Crippen LogP contribution in [0.4, 0.5) is 13.2 Å². The molecule has 0 aliphatic heterocycles. The van der Waals surface area contributed by atoms with Crippen LogP contribution in [-0.2, 0) is 10.9 Å². The molecule has 118 valence electrons. The molecule has 1 aromatic rings. The molecule has 0 atom stereocenters. The number of ether oxygens (including phenoxy) is 2. The predicted molar refractivity (Wildman–Crippen MR) is 69.4 cm³/mol. The summed E-state index contributed by atoms with van der Waals surface area (Å²) in [4.78, 5) is 11.8. The molecule has 0 aliphatic carbocycles. The van der Waals surface area contributed by atoms with Crippen molar-refractivity contribution in [1.29, 1.82) is 0 Å². The van der Waals surface area contributed by atoms with Gasteiger partial charge in [-0.15, -0.1) is 0 Å². The van der Waals surface area contributed by atoms with E-state index in [9.17, 15) is 23.1 Å². The van der Waals surface area contributed by atoms with Gasteiger partial charge >= 0.3 is 12.1 Å². The minimum atomic E-state index is -4.81. The molecule has 1 N–H and O–H groups in total. The van der Waals surface area contributed by atoms with Gasteiger partial charge < -0.3 is 14.6 Å². The Morgan fingerprint density at radius 3 is 2.43 bits per heavy atom. The van der Waals surface area contributed by atoms with Gasteiger partial charge in [0, 0.05) is 6.07 Å². The van der Waals surface area contributed by atoms with Gasteiger partial charge in [-0.3, -0.25) is 0 Å².